The summed E-state index contributed by atoms with van der Waals surface area (Å²) in [4.78, 5) is 12.6. The summed E-state index contributed by atoms with van der Waals surface area (Å²) < 4.78 is 13.2. The van der Waals surface area contributed by atoms with Gasteiger partial charge in [0.1, 0.15) is 5.82 Å². The molecule has 1 saturated carbocycles. The predicted molar refractivity (Wildman–Crippen MR) is 76.5 cm³/mol. The number of nitrogens with one attached hydrogen (secondary N) is 1. The van der Waals surface area contributed by atoms with E-state index in [1.165, 1.54) is 12.1 Å². The Morgan fingerprint density at radius 3 is 2.89 bits per heavy atom. The number of aryl methyl sites for hydroxylation is 1. The molecule has 0 heterocycles. The van der Waals surface area contributed by atoms with Crippen LogP contribution >= 0.6 is 12.2 Å². The van der Waals surface area contributed by atoms with Gasteiger partial charge in [-0.25, -0.2) is 4.39 Å². The van der Waals surface area contributed by atoms with E-state index < -0.39 is 5.82 Å². The van der Waals surface area contributed by atoms with Gasteiger partial charge >= 0.3 is 0 Å². The van der Waals surface area contributed by atoms with Crippen molar-refractivity contribution >= 4 is 23.1 Å². The SMILES string of the molecule is Cc1ccc(F)cc1C(=O)NC1CCCC1C(N)=S. The van der Waals surface area contributed by atoms with Crippen molar-refractivity contribution in [2.45, 2.75) is 32.2 Å². The number of halogens is 1. The Kier molecular flexibility index (Phi) is 4.14. The molecule has 1 aromatic rings. The normalized spacial score (nSPS) is 22.2. The first-order valence-electron chi connectivity index (χ1n) is 6.35. The molecule has 102 valence electrons. The highest BCUT2D eigenvalue weighted by atomic mass is 32.1. The fraction of sp³-hybridized carbons (Fsp3) is 0.429. The van der Waals surface area contributed by atoms with E-state index in [1.54, 1.807) is 13.0 Å². The zero-order valence-corrected chi connectivity index (χ0v) is 11.6. The second-order valence-electron chi connectivity index (χ2n) is 4.98. The summed E-state index contributed by atoms with van der Waals surface area (Å²) in [5.74, 6) is -0.619. The third-order valence-electron chi connectivity index (χ3n) is 3.64. The molecular formula is C14H17FN2OS. The summed E-state index contributed by atoms with van der Waals surface area (Å²) in [6, 6.07) is 4.17. The van der Waals surface area contributed by atoms with E-state index >= 15 is 0 Å². The summed E-state index contributed by atoms with van der Waals surface area (Å²) in [7, 11) is 0. The highest BCUT2D eigenvalue weighted by Crippen LogP contribution is 2.26. The molecule has 3 N–H and O–H groups in total. The van der Waals surface area contributed by atoms with Gasteiger partial charge in [-0.1, -0.05) is 24.7 Å². The Morgan fingerprint density at radius 2 is 2.21 bits per heavy atom. The van der Waals surface area contributed by atoms with Crippen molar-refractivity contribution in [3.05, 3.63) is 35.1 Å². The molecular weight excluding hydrogens is 263 g/mol. The number of carbonyl (C=O) groups excluding carboxylic acids is 1. The van der Waals surface area contributed by atoms with Crippen molar-refractivity contribution in [2.75, 3.05) is 0 Å². The van der Waals surface area contributed by atoms with Gasteiger partial charge in [0, 0.05) is 17.5 Å². The van der Waals surface area contributed by atoms with Crippen LogP contribution in [0.3, 0.4) is 0 Å². The predicted octanol–water partition coefficient (Wildman–Crippen LogP) is 2.32. The Labute approximate surface area is 117 Å². The van der Waals surface area contributed by atoms with Crippen LogP contribution in [0.5, 0.6) is 0 Å². The van der Waals surface area contributed by atoms with Crippen LogP contribution in [-0.4, -0.2) is 16.9 Å². The molecule has 1 fully saturated rings. The molecule has 1 aliphatic carbocycles. The Bertz CT molecular complexity index is 518. The molecule has 0 spiro atoms. The molecule has 1 aromatic carbocycles. The van der Waals surface area contributed by atoms with Crippen molar-refractivity contribution in [3.8, 4) is 0 Å². The van der Waals surface area contributed by atoms with E-state index in [-0.39, 0.29) is 17.9 Å². The number of carbonyl (C=O) groups is 1. The average molecular weight is 280 g/mol. The third-order valence-corrected chi connectivity index (χ3v) is 3.94. The lowest BCUT2D eigenvalue weighted by atomic mass is 10.0. The highest BCUT2D eigenvalue weighted by Gasteiger charge is 2.30. The van der Waals surface area contributed by atoms with Gasteiger partial charge in [-0.05, 0) is 37.5 Å². The quantitative estimate of drug-likeness (QED) is 0.835. The average Bonchev–Trinajstić information content (AvgIpc) is 2.80. The number of hydrogen-bond donors (Lipinski definition) is 2. The number of benzene rings is 1. The lowest BCUT2D eigenvalue weighted by Gasteiger charge is -2.20. The third kappa shape index (κ3) is 3.10. The first-order valence-corrected chi connectivity index (χ1v) is 6.76. The molecule has 0 bridgehead atoms. The number of rotatable bonds is 3. The van der Waals surface area contributed by atoms with Crippen LogP contribution in [0.4, 0.5) is 4.39 Å². The van der Waals surface area contributed by atoms with E-state index in [2.05, 4.69) is 5.32 Å². The van der Waals surface area contributed by atoms with E-state index in [0.29, 0.717) is 10.6 Å². The zero-order chi connectivity index (χ0) is 14.0. The van der Waals surface area contributed by atoms with Gasteiger partial charge in [0.15, 0.2) is 0 Å². The van der Waals surface area contributed by atoms with Crippen LogP contribution in [0.15, 0.2) is 18.2 Å². The second kappa shape index (κ2) is 5.65. The van der Waals surface area contributed by atoms with Gasteiger partial charge < -0.3 is 11.1 Å². The molecule has 0 aliphatic heterocycles. The second-order valence-corrected chi connectivity index (χ2v) is 5.45. The van der Waals surface area contributed by atoms with Crippen LogP contribution in [0.25, 0.3) is 0 Å². The minimum Gasteiger partial charge on any atom is -0.393 e. The summed E-state index contributed by atoms with van der Waals surface area (Å²) >= 11 is 5.01. The Hall–Kier alpha value is -1.49. The van der Waals surface area contributed by atoms with E-state index in [4.69, 9.17) is 18.0 Å². The topological polar surface area (TPSA) is 55.1 Å². The standard InChI is InChI=1S/C14H17FN2OS/c1-8-5-6-9(15)7-11(8)14(18)17-12-4-2-3-10(12)13(16)19/h5-7,10,12H,2-4H2,1H3,(H2,16,19)(H,17,18). The summed E-state index contributed by atoms with van der Waals surface area (Å²) in [5, 5.41) is 2.92. The van der Waals surface area contributed by atoms with Gasteiger partial charge in [0.2, 0.25) is 0 Å². The van der Waals surface area contributed by atoms with Gasteiger partial charge in [0.05, 0.1) is 4.99 Å². The van der Waals surface area contributed by atoms with E-state index in [1.807, 2.05) is 0 Å². The van der Waals surface area contributed by atoms with Crippen LogP contribution in [-0.2, 0) is 0 Å². The molecule has 5 heteroatoms. The molecule has 0 aromatic heterocycles. The number of amides is 1. The number of hydrogen-bond acceptors (Lipinski definition) is 2. The molecule has 0 saturated heterocycles. The molecule has 2 atom stereocenters. The minimum atomic E-state index is -0.409. The van der Waals surface area contributed by atoms with Gasteiger partial charge in [0.25, 0.3) is 5.91 Å². The van der Waals surface area contributed by atoms with Crippen LogP contribution in [0, 0.1) is 18.7 Å². The van der Waals surface area contributed by atoms with Crippen molar-refractivity contribution in [1.29, 1.82) is 0 Å². The first kappa shape index (κ1) is 13.9. The van der Waals surface area contributed by atoms with Crippen molar-refractivity contribution in [1.82, 2.24) is 5.32 Å². The molecule has 2 rings (SSSR count). The zero-order valence-electron chi connectivity index (χ0n) is 10.8. The van der Waals surface area contributed by atoms with Crippen molar-refractivity contribution < 1.29 is 9.18 Å². The molecule has 1 aliphatic rings. The Balaban J connectivity index is 2.12. The summed E-state index contributed by atoms with van der Waals surface area (Å²) in [6.07, 6.45) is 2.76. The monoisotopic (exact) mass is 280 g/mol. The van der Waals surface area contributed by atoms with Gasteiger partial charge in [-0.3, -0.25) is 4.79 Å². The maximum atomic E-state index is 13.2. The van der Waals surface area contributed by atoms with E-state index in [0.717, 1.165) is 24.8 Å². The Morgan fingerprint density at radius 1 is 1.47 bits per heavy atom. The molecule has 19 heavy (non-hydrogen) atoms. The first-order chi connectivity index (χ1) is 8.99. The highest BCUT2D eigenvalue weighted by molar-refractivity contribution is 7.80. The van der Waals surface area contributed by atoms with E-state index in [9.17, 15) is 9.18 Å². The molecule has 0 radical (unpaired) electrons. The fourth-order valence-corrected chi connectivity index (χ4v) is 2.84. The smallest absolute Gasteiger partial charge is 0.251 e. The largest absolute Gasteiger partial charge is 0.393 e. The fourth-order valence-electron chi connectivity index (χ4n) is 2.56. The lowest BCUT2D eigenvalue weighted by molar-refractivity contribution is 0.0932. The molecule has 2 unspecified atom stereocenters. The van der Waals surface area contributed by atoms with Gasteiger partial charge in [-0.2, -0.15) is 0 Å². The van der Waals surface area contributed by atoms with Crippen LogP contribution in [0.1, 0.15) is 35.2 Å². The lowest BCUT2D eigenvalue weighted by Crippen LogP contribution is -2.41. The van der Waals surface area contributed by atoms with Crippen LogP contribution < -0.4 is 11.1 Å². The summed E-state index contributed by atoms with van der Waals surface area (Å²) in [5.41, 5.74) is 6.80. The van der Waals surface area contributed by atoms with Crippen molar-refractivity contribution in [3.63, 3.8) is 0 Å². The van der Waals surface area contributed by atoms with Crippen molar-refractivity contribution in [2.24, 2.45) is 11.7 Å². The molecule has 3 nitrogen and oxygen atoms in total. The number of nitrogens with two attached hydrogens (primary N) is 1. The van der Waals surface area contributed by atoms with Gasteiger partial charge in [-0.15, -0.1) is 0 Å². The maximum absolute atomic E-state index is 13.2. The summed E-state index contributed by atoms with van der Waals surface area (Å²) in [6.45, 7) is 1.79. The minimum absolute atomic E-state index is 0.0346. The molecule has 1 amide bonds. The number of thiocarbonyl (C=S) groups is 1. The maximum Gasteiger partial charge on any atom is 0.251 e. The van der Waals surface area contributed by atoms with Crippen LogP contribution in [0.2, 0.25) is 0 Å².